The van der Waals surface area contributed by atoms with Crippen molar-refractivity contribution in [2.24, 2.45) is 0 Å². The van der Waals surface area contributed by atoms with Crippen LogP contribution in [-0.4, -0.2) is 35.1 Å². The Morgan fingerprint density at radius 1 is 1.44 bits per heavy atom. The smallest absolute Gasteiger partial charge is 0.0313 e. The van der Waals surface area contributed by atoms with Crippen LogP contribution in [0.25, 0.3) is 0 Å². The minimum absolute atomic E-state index is 0.593. The van der Waals surface area contributed by atoms with Crippen LogP contribution in [0.2, 0.25) is 0 Å². The Morgan fingerprint density at radius 2 is 2.28 bits per heavy atom. The molecule has 1 fully saturated rings. The van der Waals surface area contributed by atoms with Gasteiger partial charge in [0.2, 0.25) is 0 Å². The lowest BCUT2D eigenvalue weighted by Gasteiger charge is -2.39. The lowest BCUT2D eigenvalue weighted by molar-refractivity contribution is 0.120. The molecule has 2 rings (SSSR count). The van der Waals surface area contributed by atoms with E-state index in [1.54, 1.807) is 0 Å². The van der Waals surface area contributed by atoms with Crippen molar-refractivity contribution in [2.75, 3.05) is 13.1 Å². The maximum absolute atomic E-state index is 4.30. The van der Waals surface area contributed by atoms with Crippen LogP contribution in [0.4, 0.5) is 0 Å². The fourth-order valence-electron chi connectivity index (χ4n) is 2.78. The molecule has 0 spiro atoms. The predicted molar refractivity (Wildman–Crippen MR) is 75.5 cm³/mol. The number of nitrogens with zero attached hydrogens (tertiary/aromatic N) is 2. The Labute approximate surface area is 111 Å². The standard InChI is InChI=1S/C15H25N3/c1-4-5-15-9-17-13(3)10-18(15)11-14-6-12(2)7-16-8-14/h6-8,13,15,17H,4-5,9-11H2,1-3H3. The highest BCUT2D eigenvalue weighted by atomic mass is 15.2. The fourth-order valence-corrected chi connectivity index (χ4v) is 2.78. The van der Waals surface area contributed by atoms with Gasteiger partial charge in [-0.05, 0) is 31.4 Å². The lowest BCUT2D eigenvalue weighted by atomic mass is 10.0. The van der Waals surface area contributed by atoms with Crippen molar-refractivity contribution in [3.8, 4) is 0 Å². The first-order valence-corrected chi connectivity index (χ1v) is 7.07. The van der Waals surface area contributed by atoms with E-state index < -0.39 is 0 Å². The highest BCUT2D eigenvalue weighted by Gasteiger charge is 2.24. The van der Waals surface area contributed by atoms with E-state index in [9.17, 15) is 0 Å². The van der Waals surface area contributed by atoms with Crippen molar-refractivity contribution in [3.05, 3.63) is 29.6 Å². The monoisotopic (exact) mass is 247 g/mol. The fraction of sp³-hybridized carbons (Fsp3) is 0.667. The quantitative estimate of drug-likeness (QED) is 0.885. The zero-order chi connectivity index (χ0) is 13.0. The van der Waals surface area contributed by atoms with E-state index in [1.807, 2.05) is 12.4 Å². The summed E-state index contributed by atoms with van der Waals surface area (Å²) in [4.78, 5) is 6.91. The van der Waals surface area contributed by atoms with Gasteiger partial charge in [0.15, 0.2) is 0 Å². The molecule has 1 N–H and O–H groups in total. The molecule has 0 bridgehead atoms. The van der Waals surface area contributed by atoms with Gasteiger partial charge in [0.05, 0.1) is 0 Å². The maximum atomic E-state index is 4.30. The summed E-state index contributed by atoms with van der Waals surface area (Å²) in [6.45, 7) is 9.94. The molecule has 18 heavy (non-hydrogen) atoms. The molecule has 0 saturated carbocycles. The number of hydrogen-bond acceptors (Lipinski definition) is 3. The molecule has 2 atom stereocenters. The van der Waals surface area contributed by atoms with Gasteiger partial charge < -0.3 is 5.32 Å². The SMILES string of the molecule is CCCC1CNC(C)CN1Cc1cncc(C)c1. The summed E-state index contributed by atoms with van der Waals surface area (Å²) in [6.07, 6.45) is 6.46. The zero-order valence-electron chi connectivity index (χ0n) is 11.8. The normalized spacial score (nSPS) is 25.3. The Kier molecular flexibility index (Phi) is 4.72. The van der Waals surface area contributed by atoms with E-state index in [0.29, 0.717) is 12.1 Å². The van der Waals surface area contributed by atoms with Crippen LogP contribution >= 0.6 is 0 Å². The van der Waals surface area contributed by atoms with Crippen LogP contribution in [0, 0.1) is 6.92 Å². The summed E-state index contributed by atoms with van der Waals surface area (Å²) >= 11 is 0. The van der Waals surface area contributed by atoms with Crippen LogP contribution < -0.4 is 5.32 Å². The van der Waals surface area contributed by atoms with Crippen LogP contribution in [0.5, 0.6) is 0 Å². The first-order valence-electron chi connectivity index (χ1n) is 7.07. The molecule has 2 unspecified atom stereocenters. The van der Waals surface area contributed by atoms with E-state index in [0.717, 1.165) is 19.6 Å². The summed E-state index contributed by atoms with van der Waals surface area (Å²) in [5.41, 5.74) is 2.59. The number of piperazine rings is 1. The number of aromatic nitrogens is 1. The molecule has 1 aliphatic heterocycles. The Hall–Kier alpha value is -0.930. The molecular weight excluding hydrogens is 222 g/mol. The molecule has 3 heteroatoms. The molecule has 100 valence electrons. The largest absolute Gasteiger partial charge is 0.311 e. The van der Waals surface area contributed by atoms with Gasteiger partial charge in [-0.2, -0.15) is 0 Å². The van der Waals surface area contributed by atoms with E-state index >= 15 is 0 Å². The second-order valence-electron chi connectivity index (χ2n) is 5.55. The molecule has 1 aromatic rings. The maximum Gasteiger partial charge on any atom is 0.0313 e. The number of hydrogen-bond donors (Lipinski definition) is 1. The molecule has 0 amide bonds. The Balaban J connectivity index is 2.03. The third-order valence-electron chi connectivity index (χ3n) is 3.67. The van der Waals surface area contributed by atoms with Crippen molar-refractivity contribution < 1.29 is 0 Å². The molecule has 1 aromatic heterocycles. The minimum atomic E-state index is 0.593. The van der Waals surface area contributed by atoms with Crippen LogP contribution in [-0.2, 0) is 6.54 Å². The van der Waals surface area contributed by atoms with Crippen molar-refractivity contribution in [2.45, 2.75) is 52.2 Å². The predicted octanol–water partition coefficient (Wildman–Crippen LogP) is 2.35. The first-order chi connectivity index (χ1) is 8.69. The topological polar surface area (TPSA) is 28.2 Å². The summed E-state index contributed by atoms with van der Waals surface area (Å²) in [5.74, 6) is 0. The molecule has 0 aliphatic carbocycles. The molecule has 0 radical (unpaired) electrons. The minimum Gasteiger partial charge on any atom is -0.311 e. The van der Waals surface area contributed by atoms with Gasteiger partial charge in [-0.1, -0.05) is 19.4 Å². The van der Waals surface area contributed by atoms with Gasteiger partial charge in [-0.3, -0.25) is 9.88 Å². The second-order valence-corrected chi connectivity index (χ2v) is 5.55. The summed E-state index contributed by atoms with van der Waals surface area (Å²) < 4.78 is 0. The summed E-state index contributed by atoms with van der Waals surface area (Å²) in [6, 6.07) is 3.52. The number of nitrogens with one attached hydrogen (secondary N) is 1. The van der Waals surface area contributed by atoms with E-state index in [-0.39, 0.29) is 0 Å². The third kappa shape index (κ3) is 3.53. The number of aryl methyl sites for hydroxylation is 1. The zero-order valence-corrected chi connectivity index (χ0v) is 11.8. The molecule has 0 aromatic carbocycles. The van der Waals surface area contributed by atoms with Crippen molar-refractivity contribution >= 4 is 0 Å². The molecule has 1 saturated heterocycles. The Bertz CT molecular complexity index is 378. The molecular formula is C15H25N3. The van der Waals surface area contributed by atoms with Gasteiger partial charge in [-0.25, -0.2) is 0 Å². The highest BCUT2D eigenvalue weighted by molar-refractivity contribution is 5.16. The van der Waals surface area contributed by atoms with Crippen molar-refractivity contribution in [3.63, 3.8) is 0 Å². The van der Waals surface area contributed by atoms with Crippen molar-refractivity contribution in [1.82, 2.24) is 15.2 Å². The average Bonchev–Trinajstić information content (AvgIpc) is 2.33. The highest BCUT2D eigenvalue weighted by Crippen LogP contribution is 2.16. The van der Waals surface area contributed by atoms with Gasteiger partial charge in [0.25, 0.3) is 0 Å². The van der Waals surface area contributed by atoms with Gasteiger partial charge in [0, 0.05) is 44.1 Å². The Morgan fingerprint density at radius 3 is 3.00 bits per heavy atom. The van der Waals surface area contributed by atoms with E-state index in [2.05, 4.69) is 42.0 Å². The number of pyridine rings is 1. The first kappa shape index (κ1) is 13.5. The van der Waals surface area contributed by atoms with Gasteiger partial charge >= 0.3 is 0 Å². The summed E-state index contributed by atoms with van der Waals surface area (Å²) in [5, 5.41) is 3.59. The molecule has 2 heterocycles. The average molecular weight is 247 g/mol. The van der Waals surface area contributed by atoms with E-state index in [1.165, 1.54) is 24.0 Å². The van der Waals surface area contributed by atoms with Crippen LogP contribution in [0.1, 0.15) is 37.8 Å². The van der Waals surface area contributed by atoms with Crippen LogP contribution in [0.3, 0.4) is 0 Å². The van der Waals surface area contributed by atoms with E-state index in [4.69, 9.17) is 0 Å². The van der Waals surface area contributed by atoms with Crippen LogP contribution in [0.15, 0.2) is 18.5 Å². The van der Waals surface area contributed by atoms with Gasteiger partial charge in [0.1, 0.15) is 0 Å². The lowest BCUT2D eigenvalue weighted by Crippen LogP contribution is -2.54. The molecule has 3 nitrogen and oxygen atoms in total. The summed E-state index contributed by atoms with van der Waals surface area (Å²) in [7, 11) is 0. The van der Waals surface area contributed by atoms with Gasteiger partial charge in [-0.15, -0.1) is 0 Å². The molecule has 1 aliphatic rings. The van der Waals surface area contributed by atoms with Crippen molar-refractivity contribution in [1.29, 1.82) is 0 Å². The number of rotatable bonds is 4. The second kappa shape index (κ2) is 6.30. The third-order valence-corrected chi connectivity index (χ3v) is 3.67.